The van der Waals surface area contributed by atoms with Crippen molar-refractivity contribution in [2.45, 2.75) is 11.8 Å². The third-order valence-electron chi connectivity index (χ3n) is 3.92. The maximum atomic E-state index is 12.9. The Morgan fingerprint density at radius 3 is 2.62 bits per heavy atom. The van der Waals surface area contributed by atoms with E-state index in [0.717, 1.165) is 5.56 Å². The summed E-state index contributed by atoms with van der Waals surface area (Å²) in [6.45, 7) is 0.910. The summed E-state index contributed by atoms with van der Waals surface area (Å²) in [6, 6.07) is 14.6. The van der Waals surface area contributed by atoms with Crippen LogP contribution in [0.1, 0.15) is 28.0 Å². The summed E-state index contributed by atoms with van der Waals surface area (Å²) >= 11 is 0. The highest BCUT2D eigenvalue weighted by Crippen LogP contribution is 2.36. The molecule has 2 aromatic rings. The van der Waals surface area contributed by atoms with Crippen molar-refractivity contribution in [3.63, 3.8) is 0 Å². The SMILES string of the molecule is N#Cc1ccc(C2(C(=O)c3ccccn3)CCOC2)cc1. The summed E-state index contributed by atoms with van der Waals surface area (Å²) in [7, 11) is 0. The first-order valence-electron chi connectivity index (χ1n) is 6.80. The highest BCUT2D eigenvalue weighted by atomic mass is 16.5. The number of rotatable bonds is 3. The van der Waals surface area contributed by atoms with E-state index in [1.165, 1.54) is 0 Å². The van der Waals surface area contributed by atoms with Gasteiger partial charge in [0.2, 0.25) is 0 Å². The van der Waals surface area contributed by atoms with E-state index in [9.17, 15) is 4.79 Å². The van der Waals surface area contributed by atoms with Gasteiger partial charge in [0.05, 0.1) is 23.7 Å². The van der Waals surface area contributed by atoms with E-state index < -0.39 is 5.41 Å². The highest BCUT2D eigenvalue weighted by molar-refractivity contribution is 6.03. The molecule has 1 unspecified atom stereocenters. The number of hydrogen-bond acceptors (Lipinski definition) is 4. The first kappa shape index (κ1) is 13.5. The molecule has 0 amide bonds. The minimum Gasteiger partial charge on any atom is -0.380 e. The molecule has 0 spiro atoms. The van der Waals surface area contributed by atoms with E-state index in [1.54, 1.807) is 30.5 Å². The molecule has 2 heterocycles. The molecule has 1 aromatic carbocycles. The molecule has 3 rings (SSSR count). The molecule has 0 aliphatic carbocycles. The zero-order chi connectivity index (χ0) is 14.7. The Morgan fingerprint density at radius 2 is 2.05 bits per heavy atom. The molecule has 1 aliphatic heterocycles. The number of ether oxygens (including phenoxy) is 1. The maximum absolute atomic E-state index is 12.9. The quantitative estimate of drug-likeness (QED) is 0.809. The molecule has 1 aliphatic rings. The molecular formula is C17H14N2O2. The average molecular weight is 278 g/mol. The molecule has 1 atom stereocenters. The number of benzene rings is 1. The summed E-state index contributed by atoms with van der Waals surface area (Å²) in [5, 5.41) is 8.89. The first-order chi connectivity index (χ1) is 10.3. The van der Waals surface area contributed by atoms with E-state index in [1.807, 2.05) is 18.2 Å². The minimum absolute atomic E-state index is 0.0229. The van der Waals surface area contributed by atoms with Crippen molar-refractivity contribution in [2.75, 3.05) is 13.2 Å². The number of ketones is 1. The predicted octanol–water partition coefficient (Wildman–Crippen LogP) is 2.49. The second-order valence-electron chi connectivity index (χ2n) is 5.12. The van der Waals surface area contributed by atoms with Crippen molar-refractivity contribution in [3.05, 3.63) is 65.5 Å². The summed E-state index contributed by atoms with van der Waals surface area (Å²) in [4.78, 5) is 17.1. The van der Waals surface area contributed by atoms with E-state index in [-0.39, 0.29) is 5.78 Å². The molecule has 104 valence electrons. The van der Waals surface area contributed by atoms with Crippen LogP contribution in [-0.4, -0.2) is 24.0 Å². The smallest absolute Gasteiger partial charge is 0.194 e. The summed E-state index contributed by atoms with van der Waals surface area (Å²) in [5.41, 5.74) is 1.22. The van der Waals surface area contributed by atoms with Gasteiger partial charge < -0.3 is 4.74 Å². The van der Waals surface area contributed by atoms with E-state index >= 15 is 0 Å². The fourth-order valence-corrected chi connectivity index (χ4v) is 2.71. The number of Topliss-reactive ketones (excluding diaryl/α,β-unsaturated/α-hetero) is 1. The summed E-state index contributed by atoms with van der Waals surface area (Å²) in [6.07, 6.45) is 2.25. The molecule has 1 fully saturated rings. The van der Waals surface area contributed by atoms with Gasteiger partial charge in [-0.2, -0.15) is 5.26 Å². The number of carbonyl (C=O) groups is 1. The zero-order valence-corrected chi connectivity index (χ0v) is 11.5. The fourth-order valence-electron chi connectivity index (χ4n) is 2.71. The maximum Gasteiger partial charge on any atom is 0.194 e. The van der Waals surface area contributed by atoms with Crippen LogP contribution in [0.15, 0.2) is 48.7 Å². The Kier molecular flexibility index (Phi) is 3.51. The molecule has 4 heteroatoms. The molecule has 0 bridgehead atoms. The van der Waals surface area contributed by atoms with Gasteiger partial charge in [0.1, 0.15) is 5.69 Å². The predicted molar refractivity (Wildman–Crippen MR) is 76.8 cm³/mol. The van der Waals surface area contributed by atoms with Crippen LogP contribution in [-0.2, 0) is 10.2 Å². The monoisotopic (exact) mass is 278 g/mol. The van der Waals surface area contributed by atoms with Crippen LogP contribution >= 0.6 is 0 Å². The Bertz CT molecular complexity index is 681. The van der Waals surface area contributed by atoms with Crippen molar-refractivity contribution in [3.8, 4) is 6.07 Å². The topological polar surface area (TPSA) is 63.0 Å². The molecule has 0 N–H and O–H groups in total. The van der Waals surface area contributed by atoms with Gasteiger partial charge in [-0.05, 0) is 36.2 Å². The first-order valence-corrected chi connectivity index (χ1v) is 6.80. The fraction of sp³-hybridized carbons (Fsp3) is 0.235. The molecule has 0 radical (unpaired) electrons. The molecule has 1 saturated heterocycles. The lowest BCUT2D eigenvalue weighted by Crippen LogP contribution is -2.37. The summed E-state index contributed by atoms with van der Waals surface area (Å²) in [5.74, 6) is -0.0229. The van der Waals surface area contributed by atoms with Crippen molar-refractivity contribution >= 4 is 5.78 Å². The van der Waals surface area contributed by atoms with Gasteiger partial charge in [-0.3, -0.25) is 9.78 Å². The van der Waals surface area contributed by atoms with Crippen LogP contribution in [0, 0.1) is 11.3 Å². The molecule has 21 heavy (non-hydrogen) atoms. The largest absolute Gasteiger partial charge is 0.380 e. The Labute approximate surface area is 123 Å². The van der Waals surface area contributed by atoms with Crippen LogP contribution in [0.3, 0.4) is 0 Å². The van der Waals surface area contributed by atoms with Gasteiger partial charge in [0.25, 0.3) is 0 Å². The number of aromatic nitrogens is 1. The van der Waals surface area contributed by atoms with Crippen LogP contribution in [0.25, 0.3) is 0 Å². The number of pyridine rings is 1. The average Bonchev–Trinajstić information content (AvgIpc) is 3.06. The van der Waals surface area contributed by atoms with Gasteiger partial charge >= 0.3 is 0 Å². The lowest BCUT2D eigenvalue weighted by atomic mass is 9.75. The minimum atomic E-state index is -0.692. The highest BCUT2D eigenvalue weighted by Gasteiger charge is 2.44. The third kappa shape index (κ3) is 2.32. The van der Waals surface area contributed by atoms with E-state index in [4.69, 9.17) is 10.00 Å². The van der Waals surface area contributed by atoms with Crippen molar-refractivity contribution in [1.29, 1.82) is 5.26 Å². The zero-order valence-electron chi connectivity index (χ0n) is 11.5. The van der Waals surface area contributed by atoms with Gasteiger partial charge in [-0.15, -0.1) is 0 Å². The number of carbonyl (C=O) groups excluding carboxylic acids is 1. The van der Waals surface area contributed by atoms with Gasteiger partial charge in [0.15, 0.2) is 5.78 Å². The van der Waals surface area contributed by atoms with Gasteiger partial charge in [-0.1, -0.05) is 18.2 Å². The van der Waals surface area contributed by atoms with Gasteiger partial charge in [-0.25, -0.2) is 0 Å². The molecule has 0 saturated carbocycles. The Balaban J connectivity index is 2.03. The standard InChI is InChI=1S/C17H14N2O2/c18-11-13-4-6-14(7-5-13)17(8-10-21-12-17)16(20)15-3-1-2-9-19-15/h1-7,9H,8,10,12H2. The van der Waals surface area contributed by atoms with Crippen LogP contribution in [0.5, 0.6) is 0 Å². The molecule has 1 aromatic heterocycles. The van der Waals surface area contributed by atoms with Crippen LogP contribution in [0.2, 0.25) is 0 Å². The molecular weight excluding hydrogens is 264 g/mol. The lowest BCUT2D eigenvalue weighted by molar-refractivity contribution is 0.0850. The number of nitrogens with zero attached hydrogens (tertiary/aromatic N) is 2. The van der Waals surface area contributed by atoms with Crippen molar-refractivity contribution < 1.29 is 9.53 Å². The van der Waals surface area contributed by atoms with E-state index in [2.05, 4.69) is 11.1 Å². The van der Waals surface area contributed by atoms with Gasteiger partial charge in [0, 0.05) is 12.8 Å². The third-order valence-corrected chi connectivity index (χ3v) is 3.92. The number of nitriles is 1. The number of hydrogen-bond donors (Lipinski definition) is 0. The van der Waals surface area contributed by atoms with Crippen LogP contribution in [0.4, 0.5) is 0 Å². The second-order valence-corrected chi connectivity index (χ2v) is 5.12. The summed E-state index contributed by atoms with van der Waals surface area (Å²) < 4.78 is 5.50. The normalized spacial score (nSPS) is 20.9. The van der Waals surface area contributed by atoms with Crippen LogP contribution < -0.4 is 0 Å². The Morgan fingerprint density at radius 1 is 1.24 bits per heavy atom. The van der Waals surface area contributed by atoms with E-state index in [0.29, 0.717) is 30.9 Å². The molecule has 4 nitrogen and oxygen atoms in total. The lowest BCUT2D eigenvalue weighted by Gasteiger charge is -2.26. The second kappa shape index (κ2) is 5.47. The van der Waals surface area contributed by atoms with Crippen molar-refractivity contribution in [1.82, 2.24) is 4.98 Å². The Hall–Kier alpha value is -2.51. The van der Waals surface area contributed by atoms with Crippen molar-refractivity contribution in [2.24, 2.45) is 0 Å².